The summed E-state index contributed by atoms with van der Waals surface area (Å²) < 4.78 is 7.14. The number of aromatic nitrogens is 2. The number of carbonyl (C=O) groups excluding carboxylic acids is 1. The van der Waals surface area contributed by atoms with E-state index in [2.05, 4.69) is 4.98 Å². The molecule has 8 heteroatoms. The van der Waals surface area contributed by atoms with E-state index in [9.17, 15) is 14.4 Å². The highest BCUT2D eigenvalue weighted by Crippen LogP contribution is 2.23. The Hall–Kier alpha value is -4.59. The zero-order valence-electron chi connectivity index (χ0n) is 20.2. The van der Waals surface area contributed by atoms with Crippen molar-refractivity contribution >= 4 is 17.4 Å². The fourth-order valence-electron chi connectivity index (χ4n) is 3.89. The fraction of sp³-hybridized carbons (Fsp3) is 0.179. The first kappa shape index (κ1) is 24.5. The van der Waals surface area contributed by atoms with Crippen LogP contribution < -0.4 is 26.6 Å². The van der Waals surface area contributed by atoms with Crippen molar-refractivity contribution in [2.24, 2.45) is 0 Å². The van der Waals surface area contributed by atoms with E-state index < -0.39 is 23.3 Å². The Kier molecular flexibility index (Phi) is 7.34. The Balaban J connectivity index is 1.75. The lowest BCUT2D eigenvalue weighted by Gasteiger charge is -2.27. The van der Waals surface area contributed by atoms with Gasteiger partial charge in [-0.25, -0.2) is 4.79 Å². The molecule has 0 radical (unpaired) electrons. The lowest BCUT2D eigenvalue weighted by molar-refractivity contribution is -0.124. The van der Waals surface area contributed by atoms with E-state index in [1.54, 1.807) is 19.1 Å². The molecule has 184 valence electrons. The number of anilines is 2. The molecule has 1 heterocycles. The van der Waals surface area contributed by atoms with Gasteiger partial charge in [-0.2, -0.15) is 0 Å². The largest absolute Gasteiger partial charge is 0.481 e. The predicted octanol–water partition coefficient (Wildman–Crippen LogP) is 3.48. The number of benzene rings is 3. The molecule has 0 bridgehead atoms. The molecule has 0 spiro atoms. The van der Waals surface area contributed by atoms with Crippen molar-refractivity contribution in [3.05, 3.63) is 122 Å². The molecule has 1 atom stereocenters. The molecule has 0 fully saturated rings. The topological polar surface area (TPSA) is 110 Å². The van der Waals surface area contributed by atoms with E-state index >= 15 is 0 Å². The lowest BCUT2D eigenvalue weighted by atomic mass is 10.2. The van der Waals surface area contributed by atoms with Gasteiger partial charge >= 0.3 is 5.69 Å². The minimum Gasteiger partial charge on any atom is -0.481 e. The minimum atomic E-state index is -0.926. The van der Waals surface area contributed by atoms with E-state index in [1.807, 2.05) is 79.7 Å². The normalized spacial score (nSPS) is 11.6. The van der Waals surface area contributed by atoms with Crippen LogP contribution in [-0.2, 0) is 17.9 Å². The van der Waals surface area contributed by atoms with Crippen LogP contribution in [0.15, 0.2) is 94.5 Å². The maximum atomic E-state index is 13.7. The first-order valence-electron chi connectivity index (χ1n) is 11.6. The zero-order chi connectivity index (χ0) is 25.7. The van der Waals surface area contributed by atoms with Gasteiger partial charge in [0.15, 0.2) is 11.8 Å². The van der Waals surface area contributed by atoms with Crippen LogP contribution in [0.2, 0.25) is 0 Å². The van der Waals surface area contributed by atoms with E-state index in [4.69, 9.17) is 10.5 Å². The molecule has 3 aromatic carbocycles. The fourth-order valence-corrected chi connectivity index (χ4v) is 3.89. The number of ether oxygens (including phenoxy) is 1. The van der Waals surface area contributed by atoms with Gasteiger partial charge in [-0.05, 0) is 37.1 Å². The first-order valence-corrected chi connectivity index (χ1v) is 11.6. The first-order chi connectivity index (χ1) is 17.3. The van der Waals surface area contributed by atoms with Gasteiger partial charge < -0.3 is 10.5 Å². The maximum Gasteiger partial charge on any atom is 0.330 e. The molecule has 3 N–H and O–H groups in total. The summed E-state index contributed by atoms with van der Waals surface area (Å²) in [6.45, 7) is 3.78. The zero-order valence-corrected chi connectivity index (χ0v) is 20.2. The molecular formula is C28H28N4O4. The van der Waals surface area contributed by atoms with Crippen molar-refractivity contribution in [3.63, 3.8) is 0 Å². The molecule has 0 aliphatic heterocycles. The molecule has 0 saturated carbocycles. The molecule has 36 heavy (non-hydrogen) atoms. The summed E-state index contributed by atoms with van der Waals surface area (Å²) in [7, 11) is 0. The summed E-state index contributed by atoms with van der Waals surface area (Å²) in [6.07, 6.45) is -0.926. The van der Waals surface area contributed by atoms with Crippen LogP contribution in [0.5, 0.6) is 5.75 Å². The van der Waals surface area contributed by atoms with Crippen molar-refractivity contribution in [2.75, 3.05) is 10.6 Å². The second-order valence-electron chi connectivity index (χ2n) is 8.55. The van der Waals surface area contributed by atoms with E-state index in [0.717, 1.165) is 16.7 Å². The van der Waals surface area contributed by atoms with Crippen molar-refractivity contribution in [3.8, 4) is 5.75 Å². The molecule has 8 nitrogen and oxygen atoms in total. The number of hydrogen-bond donors (Lipinski definition) is 2. The summed E-state index contributed by atoms with van der Waals surface area (Å²) in [6, 6.07) is 25.8. The second-order valence-corrected chi connectivity index (χ2v) is 8.55. The predicted molar refractivity (Wildman–Crippen MR) is 140 cm³/mol. The summed E-state index contributed by atoms with van der Waals surface area (Å²) in [5, 5.41) is 0. The van der Waals surface area contributed by atoms with E-state index in [1.165, 1.54) is 9.47 Å². The summed E-state index contributed by atoms with van der Waals surface area (Å²) in [5.41, 5.74) is 7.58. The van der Waals surface area contributed by atoms with Crippen LogP contribution in [0.1, 0.15) is 23.6 Å². The van der Waals surface area contributed by atoms with Crippen LogP contribution in [0.3, 0.4) is 0 Å². The SMILES string of the molecule is Cc1ccc(OC(C)C(=O)N(Cc2ccccc2)c2c(N)n(Cc3ccccc3)c(=O)[nH]c2=O)cc1. The number of rotatable bonds is 8. The van der Waals surface area contributed by atoms with Crippen LogP contribution in [-0.4, -0.2) is 21.6 Å². The highest BCUT2D eigenvalue weighted by Gasteiger charge is 2.29. The van der Waals surface area contributed by atoms with Crippen LogP contribution in [0.4, 0.5) is 11.5 Å². The number of carbonyl (C=O) groups is 1. The average molecular weight is 485 g/mol. The van der Waals surface area contributed by atoms with E-state index in [0.29, 0.717) is 5.75 Å². The van der Waals surface area contributed by atoms with Gasteiger partial charge in [0.05, 0.1) is 13.1 Å². The second kappa shape index (κ2) is 10.8. The molecule has 1 aromatic heterocycles. The van der Waals surface area contributed by atoms with Gasteiger partial charge in [0.25, 0.3) is 11.5 Å². The third kappa shape index (κ3) is 5.55. The monoisotopic (exact) mass is 484 g/mol. The van der Waals surface area contributed by atoms with Crippen LogP contribution in [0, 0.1) is 6.92 Å². The third-order valence-corrected chi connectivity index (χ3v) is 5.80. The number of aromatic amines is 1. The number of nitrogens with zero attached hydrogens (tertiary/aromatic N) is 2. The maximum absolute atomic E-state index is 13.7. The number of amides is 1. The molecular weight excluding hydrogens is 456 g/mol. The summed E-state index contributed by atoms with van der Waals surface area (Å²) >= 11 is 0. The quantitative estimate of drug-likeness (QED) is 0.398. The van der Waals surface area contributed by atoms with Crippen molar-refractivity contribution in [1.82, 2.24) is 9.55 Å². The molecule has 1 unspecified atom stereocenters. The lowest BCUT2D eigenvalue weighted by Crippen LogP contribution is -2.45. The van der Waals surface area contributed by atoms with E-state index in [-0.39, 0.29) is 24.6 Å². The Labute approximate surface area is 208 Å². The Morgan fingerprint density at radius 3 is 2.14 bits per heavy atom. The smallest absolute Gasteiger partial charge is 0.330 e. The van der Waals surface area contributed by atoms with Gasteiger partial charge in [0, 0.05) is 0 Å². The molecule has 4 aromatic rings. The minimum absolute atomic E-state index is 0.0676. The Morgan fingerprint density at radius 1 is 0.944 bits per heavy atom. The highest BCUT2D eigenvalue weighted by atomic mass is 16.5. The molecule has 0 aliphatic carbocycles. The Morgan fingerprint density at radius 2 is 1.53 bits per heavy atom. The standard InChI is InChI=1S/C28H28N4O4/c1-19-13-15-23(16-14-19)36-20(2)27(34)31(17-21-9-5-3-6-10-21)24-25(29)32(28(35)30-26(24)33)18-22-11-7-4-8-12-22/h3-16,20H,17-18,29H2,1-2H3,(H,30,33,35). The van der Waals surface area contributed by atoms with Crippen molar-refractivity contribution < 1.29 is 9.53 Å². The Bertz CT molecular complexity index is 1450. The van der Waals surface area contributed by atoms with Crippen molar-refractivity contribution in [2.45, 2.75) is 33.0 Å². The van der Waals surface area contributed by atoms with Gasteiger partial charge in [-0.15, -0.1) is 0 Å². The van der Waals surface area contributed by atoms with Crippen LogP contribution in [0.25, 0.3) is 0 Å². The highest BCUT2D eigenvalue weighted by molar-refractivity contribution is 5.98. The summed E-state index contributed by atoms with van der Waals surface area (Å²) in [4.78, 5) is 43.0. The summed E-state index contributed by atoms with van der Waals surface area (Å²) in [5.74, 6) is -0.0435. The molecule has 0 saturated heterocycles. The van der Waals surface area contributed by atoms with Gasteiger partial charge in [-0.3, -0.25) is 24.0 Å². The molecule has 0 aliphatic rings. The number of nitrogens with one attached hydrogen (secondary N) is 1. The number of nitrogens with two attached hydrogens (primary N) is 1. The molecule has 4 rings (SSSR count). The van der Waals surface area contributed by atoms with Gasteiger partial charge in [-0.1, -0.05) is 78.4 Å². The third-order valence-electron chi connectivity index (χ3n) is 5.80. The molecule has 1 amide bonds. The van der Waals surface area contributed by atoms with Gasteiger partial charge in [0.2, 0.25) is 0 Å². The number of nitrogen functional groups attached to an aromatic ring is 1. The number of aryl methyl sites for hydroxylation is 1. The van der Waals surface area contributed by atoms with Crippen molar-refractivity contribution in [1.29, 1.82) is 0 Å². The average Bonchev–Trinajstić information content (AvgIpc) is 2.88. The van der Waals surface area contributed by atoms with Gasteiger partial charge in [0.1, 0.15) is 11.6 Å². The number of hydrogen-bond acceptors (Lipinski definition) is 5. The van der Waals surface area contributed by atoms with Crippen LogP contribution >= 0.6 is 0 Å². The number of H-pyrrole nitrogens is 1.